The summed E-state index contributed by atoms with van der Waals surface area (Å²) in [5.41, 5.74) is 4.39. The SMILES string of the molecule is CCC/C(=N/NC(=S)NCC[NH+]1CCOCC1)c1cccc([N+](=O)[O-])c1. The molecule has 0 radical (unpaired) electrons. The van der Waals surface area contributed by atoms with Crippen LogP contribution >= 0.6 is 12.2 Å². The van der Waals surface area contributed by atoms with Crippen molar-refractivity contribution < 1.29 is 14.6 Å². The lowest BCUT2D eigenvalue weighted by Gasteiger charge is -2.23. The monoisotopic (exact) mass is 380 g/mol. The minimum absolute atomic E-state index is 0.0560. The Bertz CT molecular complexity index is 647. The Kier molecular flexibility index (Phi) is 8.39. The number of hydrazone groups is 1. The van der Waals surface area contributed by atoms with Crippen molar-refractivity contribution >= 4 is 28.7 Å². The van der Waals surface area contributed by atoms with Gasteiger partial charge in [-0.05, 0) is 18.6 Å². The maximum atomic E-state index is 11.0. The normalized spacial score (nSPS) is 15.5. The third-order valence-electron chi connectivity index (χ3n) is 4.13. The van der Waals surface area contributed by atoms with E-state index < -0.39 is 4.92 Å². The lowest BCUT2D eigenvalue weighted by atomic mass is 10.1. The molecule has 3 N–H and O–H groups in total. The van der Waals surface area contributed by atoms with E-state index in [9.17, 15) is 10.1 Å². The fourth-order valence-electron chi connectivity index (χ4n) is 2.72. The van der Waals surface area contributed by atoms with Gasteiger partial charge in [-0.3, -0.25) is 15.5 Å². The Morgan fingerprint density at radius 1 is 1.42 bits per heavy atom. The lowest BCUT2D eigenvalue weighted by molar-refractivity contribution is -0.906. The Balaban J connectivity index is 1.88. The summed E-state index contributed by atoms with van der Waals surface area (Å²) < 4.78 is 5.34. The molecule has 1 heterocycles. The second-order valence-corrected chi connectivity index (χ2v) is 6.50. The molecule has 26 heavy (non-hydrogen) atoms. The van der Waals surface area contributed by atoms with E-state index in [0.29, 0.717) is 11.5 Å². The zero-order valence-corrected chi connectivity index (χ0v) is 15.8. The molecule has 1 fully saturated rings. The van der Waals surface area contributed by atoms with E-state index in [2.05, 4.69) is 15.8 Å². The number of non-ortho nitro benzene ring substituents is 1. The van der Waals surface area contributed by atoms with E-state index in [4.69, 9.17) is 17.0 Å². The number of hydrogen-bond donors (Lipinski definition) is 3. The molecule has 142 valence electrons. The number of nitro benzene ring substituents is 1. The van der Waals surface area contributed by atoms with Crippen LogP contribution in [0.5, 0.6) is 0 Å². The van der Waals surface area contributed by atoms with Gasteiger partial charge in [0.1, 0.15) is 13.1 Å². The number of hydrogen-bond acceptors (Lipinski definition) is 5. The van der Waals surface area contributed by atoms with Gasteiger partial charge in [0.15, 0.2) is 5.11 Å². The van der Waals surface area contributed by atoms with E-state index in [0.717, 1.165) is 57.1 Å². The molecule has 0 aliphatic carbocycles. The number of benzene rings is 1. The minimum atomic E-state index is -0.402. The first-order valence-electron chi connectivity index (χ1n) is 8.86. The van der Waals surface area contributed by atoms with Gasteiger partial charge in [0.05, 0.1) is 36.9 Å². The molecular weight excluding hydrogens is 354 g/mol. The van der Waals surface area contributed by atoms with Crippen molar-refractivity contribution in [3.63, 3.8) is 0 Å². The van der Waals surface area contributed by atoms with Crippen LogP contribution < -0.4 is 15.6 Å². The van der Waals surface area contributed by atoms with Gasteiger partial charge < -0.3 is 15.0 Å². The lowest BCUT2D eigenvalue weighted by Crippen LogP contribution is -3.14. The van der Waals surface area contributed by atoms with E-state index in [1.165, 1.54) is 17.0 Å². The van der Waals surface area contributed by atoms with Crippen molar-refractivity contribution in [1.82, 2.24) is 10.7 Å². The van der Waals surface area contributed by atoms with Crippen LogP contribution in [-0.2, 0) is 4.74 Å². The van der Waals surface area contributed by atoms with Gasteiger partial charge in [-0.1, -0.05) is 25.5 Å². The summed E-state index contributed by atoms with van der Waals surface area (Å²) in [4.78, 5) is 12.1. The number of nitrogens with one attached hydrogen (secondary N) is 3. The summed E-state index contributed by atoms with van der Waals surface area (Å²) >= 11 is 5.27. The molecule has 0 atom stereocenters. The highest BCUT2D eigenvalue weighted by Crippen LogP contribution is 2.15. The van der Waals surface area contributed by atoms with Crippen LogP contribution in [0.4, 0.5) is 5.69 Å². The number of thiocarbonyl (C=S) groups is 1. The van der Waals surface area contributed by atoms with E-state index in [1.54, 1.807) is 6.07 Å². The Labute approximate surface area is 158 Å². The highest BCUT2D eigenvalue weighted by Gasteiger charge is 2.13. The molecule has 0 saturated carbocycles. The maximum Gasteiger partial charge on any atom is 0.270 e. The quantitative estimate of drug-likeness (QED) is 0.263. The van der Waals surface area contributed by atoms with Gasteiger partial charge in [0, 0.05) is 17.7 Å². The van der Waals surface area contributed by atoms with Gasteiger partial charge in [-0.25, -0.2) is 0 Å². The summed E-state index contributed by atoms with van der Waals surface area (Å²) in [5.74, 6) is 0. The molecule has 1 aromatic rings. The molecule has 1 aromatic carbocycles. The fraction of sp³-hybridized carbons (Fsp3) is 0.529. The third-order valence-corrected chi connectivity index (χ3v) is 4.37. The molecule has 8 nitrogen and oxygen atoms in total. The fourth-order valence-corrected chi connectivity index (χ4v) is 2.87. The van der Waals surface area contributed by atoms with Crippen LogP contribution in [0.25, 0.3) is 0 Å². The van der Waals surface area contributed by atoms with Gasteiger partial charge in [0.2, 0.25) is 0 Å². The third kappa shape index (κ3) is 6.66. The van der Waals surface area contributed by atoms with Crippen molar-refractivity contribution in [2.24, 2.45) is 5.10 Å². The van der Waals surface area contributed by atoms with E-state index in [-0.39, 0.29) is 5.69 Å². The Morgan fingerprint density at radius 3 is 2.88 bits per heavy atom. The summed E-state index contributed by atoms with van der Waals surface area (Å²) in [6.45, 7) is 7.44. The first-order valence-corrected chi connectivity index (χ1v) is 9.27. The molecule has 2 rings (SSSR count). The topological polar surface area (TPSA) is 93.2 Å². The molecule has 0 bridgehead atoms. The first-order chi connectivity index (χ1) is 12.6. The van der Waals surface area contributed by atoms with Crippen molar-refractivity contribution in [1.29, 1.82) is 0 Å². The second-order valence-electron chi connectivity index (χ2n) is 6.10. The maximum absolute atomic E-state index is 11.0. The molecule has 9 heteroatoms. The van der Waals surface area contributed by atoms with Crippen LogP contribution in [0.2, 0.25) is 0 Å². The second kappa shape index (κ2) is 10.8. The summed E-state index contributed by atoms with van der Waals surface area (Å²) in [6.07, 6.45) is 1.58. The van der Waals surface area contributed by atoms with Crippen LogP contribution in [-0.4, -0.2) is 55.1 Å². The first kappa shape index (κ1) is 20.2. The molecule has 0 unspecified atom stereocenters. The van der Waals surface area contributed by atoms with E-state index >= 15 is 0 Å². The smallest absolute Gasteiger partial charge is 0.270 e. The molecule has 0 spiro atoms. The Morgan fingerprint density at radius 2 is 2.19 bits per heavy atom. The number of nitro groups is 1. The number of quaternary nitrogens is 1. The molecular formula is C17H26N5O3S+. The predicted octanol–water partition coefficient (Wildman–Crippen LogP) is 0.478. The largest absolute Gasteiger partial charge is 0.370 e. The van der Waals surface area contributed by atoms with Gasteiger partial charge in [0.25, 0.3) is 5.69 Å². The zero-order valence-electron chi connectivity index (χ0n) is 15.0. The van der Waals surface area contributed by atoms with Crippen LogP contribution in [0.1, 0.15) is 25.3 Å². The van der Waals surface area contributed by atoms with Gasteiger partial charge in [-0.2, -0.15) is 5.10 Å². The minimum Gasteiger partial charge on any atom is -0.370 e. The van der Waals surface area contributed by atoms with Gasteiger partial charge >= 0.3 is 0 Å². The van der Waals surface area contributed by atoms with E-state index in [1.807, 2.05) is 13.0 Å². The number of rotatable bonds is 8. The number of ether oxygens (including phenoxy) is 1. The molecule has 0 aromatic heterocycles. The number of nitrogens with zero attached hydrogens (tertiary/aromatic N) is 2. The van der Waals surface area contributed by atoms with Crippen LogP contribution in [0, 0.1) is 10.1 Å². The summed E-state index contributed by atoms with van der Waals surface area (Å²) in [7, 11) is 0. The van der Waals surface area contributed by atoms with Crippen molar-refractivity contribution in [2.45, 2.75) is 19.8 Å². The highest BCUT2D eigenvalue weighted by atomic mass is 32.1. The van der Waals surface area contributed by atoms with Crippen molar-refractivity contribution in [3.8, 4) is 0 Å². The highest BCUT2D eigenvalue weighted by molar-refractivity contribution is 7.80. The average Bonchev–Trinajstić information content (AvgIpc) is 2.66. The molecule has 1 aliphatic heterocycles. The number of morpholine rings is 1. The molecule has 0 amide bonds. The zero-order chi connectivity index (χ0) is 18.8. The average molecular weight is 380 g/mol. The van der Waals surface area contributed by atoms with Crippen molar-refractivity contribution in [3.05, 3.63) is 39.9 Å². The molecule has 1 saturated heterocycles. The summed E-state index contributed by atoms with van der Waals surface area (Å²) in [5, 5.41) is 18.9. The summed E-state index contributed by atoms with van der Waals surface area (Å²) in [6, 6.07) is 6.50. The standard InChI is InChI=1S/C17H25N5O3S/c1-2-4-16(14-5-3-6-15(13-14)22(23)24)19-20-17(26)18-7-8-21-9-11-25-12-10-21/h3,5-6,13H,2,4,7-12H2,1H3,(H2,18,20,26)/p+1/b19-16-. The Hall–Kier alpha value is -2.10. The predicted molar refractivity (Wildman–Crippen MR) is 105 cm³/mol. The molecule has 1 aliphatic rings. The van der Waals surface area contributed by atoms with Gasteiger partial charge in [-0.15, -0.1) is 0 Å². The van der Waals surface area contributed by atoms with Crippen LogP contribution in [0.15, 0.2) is 29.4 Å². The van der Waals surface area contributed by atoms with Crippen molar-refractivity contribution in [2.75, 3.05) is 39.4 Å². The van der Waals surface area contributed by atoms with Crippen LogP contribution in [0.3, 0.4) is 0 Å².